The fourth-order valence-corrected chi connectivity index (χ4v) is 1.07. The summed E-state index contributed by atoms with van der Waals surface area (Å²) in [5.41, 5.74) is -0.307. The van der Waals surface area contributed by atoms with Crippen LogP contribution in [0.15, 0.2) is 0 Å². The Bertz CT molecular complexity index is 91.0. The van der Waals surface area contributed by atoms with E-state index in [1.165, 1.54) is 0 Å². The van der Waals surface area contributed by atoms with E-state index in [4.69, 9.17) is 14.6 Å². The van der Waals surface area contributed by atoms with Crippen molar-refractivity contribution in [3.63, 3.8) is 0 Å². The molecule has 1 fully saturated rings. The SMILES string of the molecule is CCC1(CO)CCOCO1. The first-order valence-electron chi connectivity index (χ1n) is 3.65. The first-order chi connectivity index (χ1) is 4.83. The van der Waals surface area contributed by atoms with E-state index in [0.717, 1.165) is 12.8 Å². The van der Waals surface area contributed by atoms with Crippen molar-refractivity contribution in [2.45, 2.75) is 25.4 Å². The molecule has 1 aliphatic heterocycles. The number of hydrogen-bond donors (Lipinski definition) is 1. The van der Waals surface area contributed by atoms with Crippen LogP contribution in [0.4, 0.5) is 0 Å². The van der Waals surface area contributed by atoms with Gasteiger partial charge in [0.2, 0.25) is 0 Å². The third-order valence-electron chi connectivity index (χ3n) is 2.08. The molecule has 60 valence electrons. The largest absolute Gasteiger partial charge is 0.393 e. The van der Waals surface area contributed by atoms with Gasteiger partial charge < -0.3 is 14.6 Å². The zero-order valence-electron chi connectivity index (χ0n) is 6.30. The molecule has 0 aliphatic carbocycles. The van der Waals surface area contributed by atoms with Crippen LogP contribution in [0.2, 0.25) is 0 Å². The van der Waals surface area contributed by atoms with E-state index in [0.29, 0.717) is 13.4 Å². The van der Waals surface area contributed by atoms with Gasteiger partial charge in [-0.05, 0) is 6.42 Å². The normalized spacial score (nSPS) is 34.2. The van der Waals surface area contributed by atoms with Gasteiger partial charge in [-0.15, -0.1) is 0 Å². The minimum Gasteiger partial charge on any atom is -0.393 e. The molecule has 0 aromatic heterocycles. The van der Waals surface area contributed by atoms with Crippen LogP contribution in [0.3, 0.4) is 0 Å². The van der Waals surface area contributed by atoms with Crippen molar-refractivity contribution in [1.82, 2.24) is 0 Å². The van der Waals surface area contributed by atoms with E-state index < -0.39 is 0 Å². The van der Waals surface area contributed by atoms with Gasteiger partial charge in [-0.1, -0.05) is 6.92 Å². The van der Waals surface area contributed by atoms with Gasteiger partial charge in [0.05, 0.1) is 18.8 Å². The van der Waals surface area contributed by atoms with Crippen molar-refractivity contribution in [1.29, 1.82) is 0 Å². The number of aliphatic hydroxyl groups is 1. The smallest absolute Gasteiger partial charge is 0.147 e. The van der Waals surface area contributed by atoms with Crippen LogP contribution in [0.1, 0.15) is 19.8 Å². The number of rotatable bonds is 2. The molecule has 0 aromatic carbocycles. The highest BCUT2D eigenvalue weighted by atomic mass is 16.7. The van der Waals surface area contributed by atoms with Gasteiger partial charge in [0, 0.05) is 6.42 Å². The molecule has 1 unspecified atom stereocenters. The predicted octanol–water partition coefficient (Wildman–Crippen LogP) is 0.522. The highest BCUT2D eigenvalue weighted by Gasteiger charge is 2.30. The summed E-state index contributed by atoms with van der Waals surface area (Å²) in [5, 5.41) is 8.96. The van der Waals surface area contributed by atoms with Crippen molar-refractivity contribution in [2.24, 2.45) is 0 Å². The average Bonchev–Trinajstić information content (AvgIpc) is 2.06. The van der Waals surface area contributed by atoms with Crippen LogP contribution >= 0.6 is 0 Å². The molecule has 1 atom stereocenters. The lowest BCUT2D eigenvalue weighted by Gasteiger charge is -2.34. The molecule has 0 spiro atoms. The van der Waals surface area contributed by atoms with Gasteiger partial charge in [-0.3, -0.25) is 0 Å². The quantitative estimate of drug-likeness (QED) is 0.617. The van der Waals surface area contributed by atoms with Crippen molar-refractivity contribution < 1.29 is 14.6 Å². The van der Waals surface area contributed by atoms with E-state index in [2.05, 4.69) is 0 Å². The van der Waals surface area contributed by atoms with Gasteiger partial charge in [0.15, 0.2) is 0 Å². The Morgan fingerprint density at radius 3 is 2.70 bits per heavy atom. The van der Waals surface area contributed by atoms with Crippen molar-refractivity contribution in [3.05, 3.63) is 0 Å². The van der Waals surface area contributed by atoms with Crippen LogP contribution in [0.25, 0.3) is 0 Å². The zero-order chi connectivity index (χ0) is 7.45. The molecule has 3 heteroatoms. The Hall–Kier alpha value is -0.120. The second-order valence-electron chi connectivity index (χ2n) is 2.62. The lowest BCUT2D eigenvalue weighted by Crippen LogP contribution is -2.41. The molecular weight excluding hydrogens is 132 g/mol. The van der Waals surface area contributed by atoms with E-state index in [-0.39, 0.29) is 12.2 Å². The Morgan fingerprint density at radius 1 is 1.60 bits per heavy atom. The standard InChI is InChI=1S/C7H14O3/c1-2-7(5-8)3-4-9-6-10-7/h8H,2-6H2,1H3. The van der Waals surface area contributed by atoms with Gasteiger partial charge in [-0.25, -0.2) is 0 Å². The molecule has 1 heterocycles. The van der Waals surface area contributed by atoms with E-state index in [1.807, 2.05) is 6.92 Å². The van der Waals surface area contributed by atoms with Gasteiger partial charge >= 0.3 is 0 Å². The minimum atomic E-state index is -0.307. The molecular formula is C7H14O3. The maximum absolute atomic E-state index is 8.96. The summed E-state index contributed by atoms with van der Waals surface area (Å²) in [7, 11) is 0. The molecule has 0 radical (unpaired) electrons. The van der Waals surface area contributed by atoms with Crippen molar-refractivity contribution >= 4 is 0 Å². The summed E-state index contributed by atoms with van der Waals surface area (Å²) in [5.74, 6) is 0. The van der Waals surface area contributed by atoms with Crippen molar-refractivity contribution in [3.8, 4) is 0 Å². The first-order valence-corrected chi connectivity index (χ1v) is 3.65. The van der Waals surface area contributed by atoms with Crippen LogP contribution in [0.5, 0.6) is 0 Å². The van der Waals surface area contributed by atoms with Gasteiger partial charge in [0.1, 0.15) is 6.79 Å². The third-order valence-corrected chi connectivity index (χ3v) is 2.08. The molecule has 10 heavy (non-hydrogen) atoms. The summed E-state index contributed by atoms with van der Waals surface area (Å²) in [6, 6.07) is 0. The van der Waals surface area contributed by atoms with Crippen LogP contribution in [-0.2, 0) is 9.47 Å². The molecule has 1 saturated heterocycles. The maximum Gasteiger partial charge on any atom is 0.147 e. The van der Waals surface area contributed by atoms with Crippen molar-refractivity contribution in [2.75, 3.05) is 20.0 Å². The monoisotopic (exact) mass is 146 g/mol. The molecule has 0 bridgehead atoms. The predicted molar refractivity (Wildman–Crippen MR) is 36.6 cm³/mol. The Morgan fingerprint density at radius 2 is 2.40 bits per heavy atom. The molecule has 0 saturated carbocycles. The number of ether oxygens (including phenoxy) is 2. The fraction of sp³-hybridized carbons (Fsp3) is 1.00. The fourth-order valence-electron chi connectivity index (χ4n) is 1.07. The van der Waals surface area contributed by atoms with Gasteiger partial charge in [-0.2, -0.15) is 0 Å². The second-order valence-corrected chi connectivity index (χ2v) is 2.62. The summed E-state index contributed by atoms with van der Waals surface area (Å²) in [4.78, 5) is 0. The average molecular weight is 146 g/mol. The molecule has 3 nitrogen and oxygen atoms in total. The highest BCUT2D eigenvalue weighted by Crippen LogP contribution is 2.23. The Kier molecular flexibility index (Phi) is 2.65. The van der Waals surface area contributed by atoms with Crippen LogP contribution < -0.4 is 0 Å². The van der Waals surface area contributed by atoms with E-state index in [1.54, 1.807) is 0 Å². The number of hydrogen-bond acceptors (Lipinski definition) is 3. The molecule has 1 rings (SSSR count). The summed E-state index contributed by atoms with van der Waals surface area (Å²) >= 11 is 0. The first kappa shape index (κ1) is 7.98. The van der Waals surface area contributed by atoms with Crippen LogP contribution in [-0.4, -0.2) is 30.7 Å². The molecule has 0 aromatic rings. The summed E-state index contributed by atoms with van der Waals surface area (Å²) in [6.07, 6.45) is 1.66. The molecule has 0 amide bonds. The Labute approximate surface area is 60.9 Å². The lowest BCUT2D eigenvalue weighted by atomic mass is 9.97. The number of aliphatic hydroxyl groups excluding tert-OH is 1. The van der Waals surface area contributed by atoms with Gasteiger partial charge in [0.25, 0.3) is 0 Å². The third kappa shape index (κ3) is 1.48. The van der Waals surface area contributed by atoms with E-state index in [9.17, 15) is 0 Å². The summed E-state index contributed by atoms with van der Waals surface area (Å²) in [6.45, 7) is 3.15. The summed E-state index contributed by atoms with van der Waals surface area (Å²) < 4.78 is 10.3. The topological polar surface area (TPSA) is 38.7 Å². The zero-order valence-corrected chi connectivity index (χ0v) is 6.30. The lowest BCUT2D eigenvalue weighted by molar-refractivity contribution is -0.208. The second kappa shape index (κ2) is 3.32. The maximum atomic E-state index is 8.96. The van der Waals surface area contributed by atoms with Crippen LogP contribution in [0, 0.1) is 0 Å². The molecule has 1 N–H and O–H groups in total. The minimum absolute atomic E-state index is 0.104. The Balaban J connectivity index is 2.44. The van der Waals surface area contributed by atoms with E-state index >= 15 is 0 Å². The molecule has 1 aliphatic rings. The highest BCUT2D eigenvalue weighted by molar-refractivity contribution is 4.79.